The summed E-state index contributed by atoms with van der Waals surface area (Å²) in [5.74, 6) is 2.68. The fourth-order valence-electron chi connectivity index (χ4n) is 2.64. The smallest absolute Gasteiger partial charge is 0.305 e. The minimum Gasteiger partial charge on any atom is -0.498 e. The number of nitrogens with zero attached hydrogens (tertiary/aromatic N) is 2. The van der Waals surface area contributed by atoms with E-state index >= 15 is 0 Å². The third kappa shape index (κ3) is 5.38. The molecule has 26 heavy (non-hydrogen) atoms. The van der Waals surface area contributed by atoms with Gasteiger partial charge >= 0.3 is 5.97 Å². The summed E-state index contributed by atoms with van der Waals surface area (Å²) in [6.07, 6.45) is 9.54. The second kappa shape index (κ2) is 10.0. The van der Waals surface area contributed by atoms with E-state index in [9.17, 15) is 9.59 Å². The lowest BCUT2D eigenvalue weighted by atomic mass is 10.0. The van der Waals surface area contributed by atoms with Crippen molar-refractivity contribution in [2.75, 3.05) is 27.3 Å². The molecular formula is C19H24N2O4S. The van der Waals surface area contributed by atoms with Crippen LogP contribution in [-0.2, 0) is 19.1 Å². The van der Waals surface area contributed by atoms with Crippen LogP contribution < -0.4 is 0 Å². The molecule has 0 aromatic carbocycles. The van der Waals surface area contributed by atoms with Gasteiger partial charge in [-0.1, -0.05) is 30.0 Å². The van der Waals surface area contributed by atoms with Gasteiger partial charge in [0.1, 0.15) is 17.4 Å². The molecule has 1 aliphatic carbocycles. The zero-order valence-electron chi connectivity index (χ0n) is 15.4. The van der Waals surface area contributed by atoms with Crippen molar-refractivity contribution in [2.45, 2.75) is 31.4 Å². The SMILES string of the molecule is CCOC(=O)CCCOC1=CC=CC(=CC2SC(=NC)N(C)C2=C=O)C1. The average molecular weight is 376 g/mol. The standard InChI is InChI=1S/C19H24N2O4S/c1-4-24-18(23)9-6-10-25-15-8-5-7-14(11-15)12-17-16(13-22)21(3)19(20-2)26-17/h5,7-8,12,17H,4,6,9-11H2,1-3H3. The molecule has 1 heterocycles. The van der Waals surface area contributed by atoms with Crippen LogP contribution in [0, 0.1) is 0 Å². The van der Waals surface area contributed by atoms with Crippen LogP contribution in [0.15, 0.2) is 46.3 Å². The summed E-state index contributed by atoms with van der Waals surface area (Å²) in [5.41, 5.74) is 1.65. The molecule has 1 unspecified atom stereocenters. The fourth-order valence-corrected chi connectivity index (χ4v) is 3.79. The summed E-state index contributed by atoms with van der Waals surface area (Å²) in [4.78, 5) is 28.6. The van der Waals surface area contributed by atoms with Crippen molar-refractivity contribution in [1.82, 2.24) is 4.90 Å². The van der Waals surface area contributed by atoms with Crippen molar-refractivity contribution >= 4 is 28.8 Å². The molecule has 0 aromatic heterocycles. The number of allylic oxidation sites excluding steroid dienone is 4. The maximum Gasteiger partial charge on any atom is 0.305 e. The van der Waals surface area contributed by atoms with Crippen molar-refractivity contribution in [2.24, 2.45) is 4.99 Å². The molecule has 0 radical (unpaired) electrons. The Morgan fingerprint density at radius 2 is 2.35 bits per heavy atom. The summed E-state index contributed by atoms with van der Waals surface area (Å²) in [6.45, 7) is 2.67. The quantitative estimate of drug-likeness (QED) is 0.387. The highest BCUT2D eigenvalue weighted by Gasteiger charge is 2.31. The molecule has 6 nitrogen and oxygen atoms in total. The minimum atomic E-state index is -0.196. The van der Waals surface area contributed by atoms with E-state index in [-0.39, 0.29) is 11.2 Å². The van der Waals surface area contributed by atoms with E-state index in [0.29, 0.717) is 38.2 Å². The highest BCUT2D eigenvalue weighted by Crippen LogP contribution is 2.34. The van der Waals surface area contributed by atoms with E-state index in [1.165, 1.54) is 11.8 Å². The minimum absolute atomic E-state index is 0.0981. The van der Waals surface area contributed by atoms with E-state index in [1.807, 2.05) is 37.3 Å². The van der Waals surface area contributed by atoms with Crippen molar-refractivity contribution < 1.29 is 19.1 Å². The predicted molar refractivity (Wildman–Crippen MR) is 103 cm³/mol. The Kier molecular flexibility index (Phi) is 7.75. The average Bonchev–Trinajstić information content (AvgIpc) is 2.94. The van der Waals surface area contributed by atoms with Gasteiger partial charge in [0.05, 0.1) is 18.5 Å². The predicted octanol–water partition coefficient (Wildman–Crippen LogP) is 2.87. The third-order valence-corrected chi connectivity index (χ3v) is 5.18. The Morgan fingerprint density at radius 3 is 3.04 bits per heavy atom. The molecule has 0 saturated carbocycles. The first-order valence-corrected chi connectivity index (χ1v) is 9.45. The Labute approximate surface area is 158 Å². The van der Waals surface area contributed by atoms with Gasteiger partial charge in [0.2, 0.25) is 0 Å². The number of thioether (sulfide) groups is 1. The molecule has 0 aromatic rings. The maximum atomic E-state index is 11.3. The van der Waals surface area contributed by atoms with Gasteiger partial charge in [0.25, 0.3) is 0 Å². The van der Waals surface area contributed by atoms with Crippen LogP contribution in [0.2, 0.25) is 0 Å². The zero-order valence-corrected chi connectivity index (χ0v) is 16.2. The second-order valence-electron chi connectivity index (χ2n) is 5.76. The Balaban J connectivity index is 1.89. The van der Waals surface area contributed by atoms with Crippen LogP contribution in [0.25, 0.3) is 0 Å². The molecule has 2 rings (SSSR count). The van der Waals surface area contributed by atoms with Crippen LogP contribution in [0.4, 0.5) is 0 Å². The highest BCUT2D eigenvalue weighted by molar-refractivity contribution is 8.15. The number of hydrogen-bond acceptors (Lipinski definition) is 6. The van der Waals surface area contributed by atoms with Gasteiger partial charge < -0.3 is 14.4 Å². The van der Waals surface area contributed by atoms with E-state index in [4.69, 9.17) is 9.47 Å². The Hall–Kier alpha value is -2.24. The lowest BCUT2D eigenvalue weighted by Crippen LogP contribution is -2.18. The van der Waals surface area contributed by atoms with Crippen LogP contribution in [0.3, 0.4) is 0 Å². The number of ether oxygens (including phenoxy) is 2. The third-order valence-electron chi connectivity index (χ3n) is 3.90. The summed E-state index contributed by atoms with van der Waals surface area (Å²) in [6, 6.07) is 0. The molecule has 0 spiro atoms. The van der Waals surface area contributed by atoms with E-state index in [0.717, 1.165) is 16.5 Å². The molecular weight excluding hydrogens is 352 g/mol. The van der Waals surface area contributed by atoms with Gasteiger partial charge in [-0.3, -0.25) is 9.79 Å². The number of amidine groups is 1. The van der Waals surface area contributed by atoms with E-state index in [2.05, 4.69) is 4.99 Å². The Morgan fingerprint density at radius 1 is 1.54 bits per heavy atom. The van der Waals surface area contributed by atoms with Gasteiger partial charge in [-0.15, -0.1) is 0 Å². The van der Waals surface area contributed by atoms with E-state index in [1.54, 1.807) is 18.9 Å². The summed E-state index contributed by atoms with van der Waals surface area (Å²) in [7, 11) is 3.53. The van der Waals surface area contributed by atoms with Crippen molar-refractivity contribution in [3.8, 4) is 0 Å². The molecule has 1 saturated heterocycles. The van der Waals surface area contributed by atoms with E-state index < -0.39 is 0 Å². The first-order chi connectivity index (χ1) is 12.6. The maximum absolute atomic E-state index is 11.3. The number of carbonyl (C=O) groups is 1. The van der Waals surface area contributed by atoms with Crippen molar-refractivity contribution in [3.63, 3.8) is 0 Å². The fraction of sp³-hybridized carbons (Fsp3) is 0.474. The van der Waals surface area contributed by atoms with Crippen LogP contribution >= 0.6 is 11.8 Å². The molecule has 1 atom stereocenters. The Bertz CT molecular complexity index is 702. The number of hydrogen-bond donors (Lipinski definition) is 0. The summed E-state index contributed by atoms with van der Waals surface area (Å²) in [5, 5.41) is 0.704. The molecule has 140 valence electrons. The first kappa shape index (κ1) is 20.1. The van der Waals surface area contributed by atoms with Crippen molar-refractivity contribution in [1.29, 1.82) is 0 Å². The lowest BCUT2D eigenvalue weighted by Gasteiger charge is -2.15. The summed E-state index contributed by atoms with van der Waals surface area (Å²) < 4.78 is 10.7. The molecule has 7 heteroatoms. The lowest BCUT2D eigenvalue weighted by molar-refractivity contribution is -0.143. The van der Waals surface area contributed by atoms with Crippen LogP contribution in [0.1, 0.15) is 26.2 Å². The van der Waals surface area contributed by atoms with Gasteiger partial charge in [-0.25, -0.2) is 4.79 Å². The molecule has 1 aliphatic heterocycles. The van der Waals surface area contributed by atoms with Gasteiger partial charge in [0, 0.05) is 26.9 Å². The van der Waals surface area contributed by atoms with Crippen molar-refractivity contribution in [3.05, 3.63) is 41.3 Å². The topological polar surface area (TPSA) is 68.2 Å². The number of rotatable bonds is 7. The van der Waals surface area contributed by atoms with Gasteiger partial charge in [-0.2, -0.15) is 0 Å². The monoisotopic (exact) mass is 376 g/mol. The first-order valence-electron chi connectivity index (χ1n) is 8.57. The van der Waals surface area contributed by atoms with Gasteiger partial charge in [-0.05, 0) is 25.0 Å². The van der Waals surface area contributed by atoms with Crippen LogP contribution in [0.5, 0.6) is 0 Å². The normalized spacial score (nSPS) is 22.6. The summed E-state index contributed by atoms with van der Waals surface area (Å²) >= 11 is 1.53. The van der Waals surface area contributed by atoms with Gasteiger partial charge in [0.15, 0.2) is 5.17 Å². The molecule has 1 fully saturated rings. The number of aliphatic imine (C=N–C) groups is 1. The molecule has 0 bridgehead atoms. The largest absolute Gasteiger partial charge is 0.498 e. The number of carbonyl (C=O) groups excluding carboxylic acids is 2. The second-order valence-corrected chi connectivity index (χ2v) is 6.87. The molecule has 0 amide bonds. The molecule has 2 aliphatic rings. The molecule has 0 N–H and O–H groups in total. The van der Waals surface area contributed by atoms with Crippen LogP contribution in [-0.4, -0.2) is 54.5 Å². The highest BCUT2D eigenvalue weighted by atomic mass is 32.2. The number of esters is 1. The zero-order chi connectivity index (χ0) is 18.9.